The van der Waals surface area contributed by atoms with Gasteiger partial charge in [0, 0.05) is 12.8 Å². The molecule has 2 atom stereocenters. The van der Waals surface area contributed by atoms with Gasteiger partial charge in [-0.1, -0.05) is 174 Å². The summed E-state index contributed by atoms with van der Waals surface area (Å²) in [4.78, 5) is 36.2. The van der Waals surface area contributed by atoms with Crippen LogP contribution in [0.25, 0.3) is 0 Å². The van der Waals surface area contributed by atoms with E-state index in [2.05, 4.69) is 19.2 Å². The first-order chi connectivity index (χ1) is 24.4. The van der Waals surface area contributed by atoms with E-state index < -0.39 is 12.0 Å². The van der Waals surface area contributed by atoms with E-state index in [0.29, 0.717) is 32.2 Å². The zero-order chi connectivity index (χ0) is 36.8. The number of carbonyl (C=O) groups excluding carboxylic acids is 2. The topological polar surface area (TPSA) is 119 Å². The smallest absolute Gasteiger partial charge is 0.326 e. The molecule has 0 heterocycles. The molecule has 0 saturated heterocycles. The molecule has 0 spiro atoms. The average molecular weight is 709 g/mol. The van der Waals surface area contributed by atoms with Gasteiger partial charge >= 0.3 is 11.9 Å². The molecule has 0 aromatic heterocycles. The molecule has 0 aliphatic heterocycles. The van der Waals surface area contributed by atoms with E-state index in [1.807, 2.05) is 0 Å². The Bertz CT molecular complexity index is 762. The van der Waals surface area contributed by atoms with Crippen LogP contribution in [0.3, 0.4) is 0 Å². The number of aliphatic carboxylic acids is 1. The number of carboxylic acid groups (broad SMARTS) is 1. The fraction of sp³-hybridized carbons (Fsp3) is 0.930. The minimum absolute atomic E-state index is 0.0189. The van der Waals surface area contributed by atoms with Crippen LogP contribution in [-0.4, -0.2) is 41.6 Å². The maximum absolute atomic E-state index is 12.7. The zero-order valence-corrected chi connectivity index (χ0v) is 33.3. The van der Waals surface area contributed by atoms with Crippen molar-refractivity contribution in [2.24, 2.45) is 5.73 Å². The van der Waals surface area contributed by atoms with Gasteiger partial charge in [-0.3, -0.25) is 9.59 Å². The van der Waals surface area contributed by atoms with Crippen LogP contribution in [0.1, 0.15) is 239 Å². The van der Waals surface area contributed by atoms with Crippen LogP contribution >= 0.6 is 0 Å². The van der Waals surface area contributed by atoms with Gasteiger partial charge in [0.1, 0.15) is 12.1 Å². The quantitative estimate of drug-likeness (QED) is 0.0430. The van der Waals surface area contributed by atoms with Crippen molar-refractivity contribution in [3.05, 3.63) is 0 Å². The van der Waals surface area contributed by atoms with E-state index in [-0.39, 0.29) is 18.0 Å². The standard InChI is InChI=1S/C43H84N2O5/c1-3-5-7-9-11-12-13-14-15-16-17-18-19-20-21-22-27-31-37-42(47)50-39(33-28-24-10-8-6-4-2)34-29-25-23-26-30-36-41(46)45-40(43(48)49)35-32-38-44/h39-40H,3-38,44H2,1-2H3,(H,45,46)(H,48,49). The van der Waals surface area contributed by atoms with Crippen molar-refractivity contribution in [1.82, 2.24) is 5.32 Å². The van der Waals surface area contributed by atoms with E-state index in [0.717, 1.165) is 64.2 Å². The van der Waals surface area contributed by atoms with Gasteiger partial charge in [0.05, 0.1) is 0 Å². The number of esters is 1. The molecular formula is C43H84N2O5. The van der Waals surface area contributed by atoms with Crippen molar-refractivity contribution >= 4 is 17.8 Å². The van der Waals surface area contributed by atoms with Gasteiger partial charge in [-0.05, 0) is 57.9 Å². The molecule has 0 aliphatic carbocycles. The second kappa shape index (κ2) is 38.6. The molecule has 0 bridgehead atoms. The van der Waals surface area contributed by atoms with Gasteiger partial charge in [-0.15, -0.1) is 0 Å². The predicted octanol–water partition coefficient (Wildman–Crippen LogP) is 12.1. The predicted molar refractivity (Wildman–Crippen MR) is 211 cm³/mol. The Morgan fingerprint density at radius 3 is 1.24 bits per heavy atom. The molecule has 0 aliphatic rings. The summed E-state index contributed by atoms with van der Waals surface area (Å²) >= 11 is 0. The minimum Gasteiger partial charge on any atom is -0.480 e. The summed E-state index contributed by atoms with van der Waals surface area (Å²) < 4.78 is 6.01. The first kappa shape index (κ1) is 48.4. The van der Waals surface area contributed by atoms with E-state index in [9.17, 15) is 19.5 Å². The largest absolute Gasteiger partial charge is 0.480 e. The fourth-order valence-electron chi connectivity index (χ4n) is 6.86. The summed E-state index contributed by atoms with van der Waals surface area (Å²) in [6, 6.07) is -0.851. The number of ether oxygens (including phenoxy) is 1. The van der Waals surface area contributed by atoms with Gasteiger partial charge in [-0.25, -0.2) is 4.79 Å². The number of carboxylic acids is 1. The van der Waals surface area contributed by atoms with Gasteiger partial charge in [0.25, 0.3) is 0 Å². The van der Waals surface area contributed by atoms with Gasteiger partial charge in [0.15, 0.2) is 0 Å². The molecule has 50 heavy (non-hydrogen) atoms. The number of nitrogens with two attached hydrogens (primary N) is 1. The van der Waals surface area contributed by atoms with Crippen molar-refractivity contribution in [2.45, 2.75) is 251 Å². The molecule has 0 saturated carbocycles. The third-order valence-corrected chi connectivity index (χ3v) is 10.2. The van der Waals surface area contributed by atoms with Gasteiger partial charge in [0.2, 0.25) is 5.91 Å². The number of hydrogen-bond acceptors (Lipinski definition) is 5. The highest BCUT2D eigenvalue weighted by Gasteiger charge is 2.19. The first-order valence-corrected chi connectivity index (χ1v) is 21.9. The maximum atomic E-state index is 12.7. The lowest BCUT2D eigenvalue weighted by Gasteiger charge is -2.18. The number of hydrogen-bond donors (Lipinski definition) is 3. The monoisotopic (exact) mass is 709 g/mol. The molecule has 7 heteroatoms. The Hall–Kier alpha value is -1.63. The minimum atomic E-state index is -1.00. The second-order valence-electron chi connectivity index (χ2n) is 15.1. The molecule has 0 rings (SSSR count). The molecule has 7 nitrogen and oxygen atoms in total. The molecular weight excluding hydrogens is 624 g/mol. The lowest BCUT2D eigenvalue weighted by molar-refractivity contribution is -0.150. The summed E-state index contributed by atoms with van der Waals surface area (Å²) in [6.45, 7) is 4.94. The van der Waals surface area contributed by atoms with E-state index in [4.69, 9.17) is 10.5 Å². The van der Waals surface area contributed by atoms with Crippen LogP contribution in [0.5, 0.6) is 0 Å². The van der Waals surface area contributed by atoms with E-state index in [1.54, 1.807) is 0 Å². The van der Waals surface area contributed by atoms with Crippen molar-refractivity contribution in [2.75, 3.05) is 6.54 Å². The van der Waals surface area contributed by atoms with Crippen LogP contribution in [0.4, 0.5) is 0 Å². The van der Waals surface area contributed by atoms with Gasteiger partial charge < -0.3 is 20.9 Å². The Kier molecular flexibility index (Phi) is 37.3. The van der Waals surface area contributed by atoms with Crippen LogP contribution in [0, 0.1) is 0 Å². The Labute approximate surface area is 309 Å². The summed E-state index contributed by atoms with van der Waals surface area (Å²) in [5.74, 6) is -1.22. The maximum Gasteiger partial charge on any atom is 0.326 e. The molecule has 2 unspecified atom stereocenters. The number of nitrogens with one attached hydrogen (secondary N) is 1. The lowest BCUT2D eigenvalue weighted by atomic mass is 10.0. The molecule has 4 N–H and O–H groups in total. The Balaban J connectivity index is 4.02. The number of rotatable bonds is 40. The summed E-state index contributed by atoms with van der Waals surface area (Å²) in [6.07, 6.45) is 40.2. The number of carbonyl (C=O) groups is 3. The molecule has 0 fully saturated rings. The van der Waals surface area contributed by atoms with E-state index in [1.165, 1.54) is 135 Å². The summed E-state index contributed by atoms with van der Waals surface area (Å²) in [5.41, 5.74) is 5.47. The zero-order valence-electron chi connectivity index (χ0n) is 33.3. The van der Waals surface area contributed by atoms with Crippen LogP contribution in [0.15, 0.2) is 0 Å². The van der Waals surface area contributed by atoms with Crippen molar-refractivity contribution in [3.63, 3.8) is 0 Å². The highest BCUT2D eigenvalue weighted by molar-refractivity contribution is 5.83. The highest BCUT2D eigenvalue weighted by atomic mass is 16.5. The van der Waals surface area contributed by atoms with Crippen molar-refractivity contribution in [3.8, 4) is 0 Å². The van der Waals surface area contributed by atoms with Crippen LogP contribution in [-0.2, 0) is 19.1 Å². The van der Waals surface area contributed by atoms with Crippen LogP contribution < -0.4 is 11.1 Å². The molecule has 1 amide bonds. The SMILES string of the molecule is CCCCCCCCCCCCCCCCCCCCC(=O)OC(CCCCCCCC)CCCCCCCC(=O)NC(CCCN)C(=O)O. The molecule has 0 aromatic rings. The van der Waals surface area contributed by atoms with Crippen molar-refractivity contribution in [1.29, 1.82) is 0 Å². The Morgan fingerprint density at radius 2 is 0.860 bits per heavy atom. The summed E-state index contributed by atoms with van der Waals surface area (Å²) in [5, 5.41) is 11.9. The normalized spacial score (nSPS) is 12.5. The van der Waals surface area contributed by atoms with E-state index >= 15 is 0 Å². The average Bonchev–Trinajstić information content (AvgIpc) is 3.10. The Morgan fingerprint density at radius 1 is 0.500 bits per heavy atom. The highest BCUT2D eigenvalue weighted by Crippen LogP contribution is 2.19. The lowest BCUT2D eigenvalue weighted by Crippen LogP contribution is -2.40. The fourth-order valence-corrected chi connectivity index (χ4v) is 6.86. The van der Waals surface area contributed by atoms with Crippen LogP contribution in [0.2, 0.25) is 0 Å². The molecule has 296 valence electrons. The third kappa shape index (κ3) is 34.8. The molecule has 0 aromatic carbocycles. The summed E-state index contributed by atoms with van der Waals surface area (Å²) in [7, 11) is 0. The first-order valence-electron chi connectivity index (χ1n) is 21.9. The van der Waals surface area contributed by atoms with Crippen molar-refractivity contribution < 1.29 is 24.2 Å². The molecule has 0 radical (unpaired) electrons. The second-order valence-corrected chi connectivity index (χ2v) is 15.1. The third-order valence-electron chi connectivity index (χ3n) is 10.2. The number of amides is 1. The van der Waals surface area contributed by atoms with Gasteiger partial charge in [-0.2, -0.15) is 0 Å². The number of unbranched alkanes of at least 4 members (excludes halogenated alkanes) is 26.